The first-order valence-corrected chi connectivity index (χ1v) is 5.44. The van der Waals surface area contributed by atoms with Crippen molar-refractivity contribution in [1.82, 2.24) is 9.78 Å². The molecule has 18 heavy (non-hydrogen) atoms. The van der Waals surface area contributed by atoms with Gasteiger partial charge in [-0.25, -0.2) is 4.68 Å². The second-order valence-electron chi connectivity index (χ2n) is 3.92. The quantitative estimate of drug-likeness (QED) is 0.883. The van der Waals surface area contributed by atoms with Crippen LogP contribution in [-0.4, -0.2) is 20.9 Å². The molecule has 1 N–H and O–H groups in total. The van der Waals surface area contributed by atoms with Crippen LogP contribution in [0.2, 0.25) is 0 Å². The summed E-state index contributed by atoms with van der Waals surface area (Å²) in [5.74, 6) is -1.09. The Morgan fingerprint density at radius 2 is 2.00 bits per heavy atom. The van der Waals surface area contributed by atoms with Crippen LogP contribution in [-0.2, 0) is 11.3 Å². The third kappa shape index (κ3) is 2.45. The molecule has 0 unspecified atom stereocenters. The number of aliphatic carboxylic acids is 1. The van der Waals surface area contributed by atoms with Crippen LogP contribution in [0, 0.1) is 6.92 Å². The van der Waals surface area contributed by atoms with Crippen molar-refractivity contribution in [3.8, 4) is 11.3 Å². The highest BCUT2D eigenvalue weighted by atomic mass is 16.4. The third-order valence-electron chi connectivity index (χ3n) is 2.57. The Bertz CT molecular complexity index is 647. The molecular formula is C13H12N2O3. The predicted octanol–water partition coefficient (Wildman–Crippen LogP) is 1.30. The Hall–Kier alpha value is -2.43. The summed E-state index contributed by atoms with van der Waals surface area (Å²) in [5, 5.41) is 12.8. The minimum Gasteiger partial charge on any atom is -0.480 e. The van der Waals surface area contributed by atoms with Crippen LogP contribution >= 0.6 is 0 Å². The van der Waals surface area contributed by atoms with Gasteiger partial charge in [0.05, 0.1) is 5.69 Å². The van der Waals surface area contributed by atoms with E-state index in [2.05, 4.69) is 5.10 Å². The van der Waals surface area contributed by atoms with E-state index in [9.17, 15) is 9.59 Å². The number of carboxylic acids is 1. The van der Waals surface area contributed by atoms with Crippen LogP contribution in [0.15, 0.2) is 41.2 Å². The monoisotopic (exact) mass is 244 g/mol. The highest BCUT2D eigenvalue weighted by Gasteiger charge is 2.07. The largest absolute Gasteiger partial charge is 0.480 e. The third-order valence-corrected chi connectivity index (χ3v) is 2.57. The van der Waals surface area contributed by atoms with Crippen LogP contribution in [0.3, 0.4) is 0 Å². The zero-order valence-electron chi connectivity index (χ0n) is 9.83. The maximum absolute atomic E-state index is 11.5. The molecule has 0 spiro atoms. The van der Waals surface area contributed by atoms with Gasteiger partial charge < -0.3 is 5.11 Å². The second-order valence-corrected chi connectivity index (χ2v) is 3.92. The first-order chi connectivity index (χ1) is 8.58. The summed E-state index contributed by atoms with van der Waals surface area (Å²) in [5.41, 5.74) is 2.07. The molecule has 0 saturated carbocycles. The van der Waals surface area contributed by atoms with Crippen LogP contribution in [0.5, 0.6) is 0 Å². The highest BCUT2D eigenvalue weighted by Crippen LogP contribution is 2.19. The van der Waals surface area contributed by atoms with Gasteiger partial charge in [-0.3, -0.25) is 9.59 Å². The summed E-state index contributed by atoms with van der Waals surface area (Å²) in [7, 11) is 0. The molecule has 0 amide bonds. The van der Waals surface area contributed by atoms with Crippen LogP contribution in [0.1, 0.15) is 5.56 Å². The molecule has 0 fully saturated rings. The number of carboxylic acid groups (broad SMARTS) is 1. The number of carbonyl (C=O) groups is 1. The Morgan fingerprint density at radius 1 is 1.28 bits per heavy atom. The first-order valence-electron chi connectivity index (χ1n) is 5.44. The number of aromatic nitrogens is 2. The fourth-order valence-electron chi connectivity index (χ4n) is 1.69. The van der Waals surface area contributed by atoms with Gasteiger partial charge in [0.15, 0.2) is 0 Å². The smallest absolute Gasteiger partial charge is 0.325 e. The van der Waals surface area contributed by atoms with E-state index in [1.165, 1.54) is 6.07 Å². The van der Waals surface area contributed by atoms with Crippen molar-refractivity contribution in [3.63, 3.8) is 0 Å². The Morgan fingerprint density at radius 3 is 2.67 bits per heavy atom. The normalized spacial score (nSPS) is 10.3. The van der Waals surface area contributed by atoms with E-state index in [1.807, 2.05) is 31.2 Å². The van der Waals surface area contributed by atoms with E-state index in [0.717, 1.165) is 15.8 Å². The van der Waals surface area contributed by atoms with Crippen molar-refractivity contribution in [2.45, 2.75) is 13.5 Å². The number of hydrogen-bond acceptors (Lipinski definition) is 3. The van der Waals surface area contributed by atoms with Crippen molar-refractivity contribution in [2.24, 2.45) is 0 Å². The highest BCUT2D eigenvalue weighted by molar-refractivity contribution is 5.66. The number of rotatable bonds is 3. The molecule has 0 aliphatic carbocycles. The number of benzene rings is 1. The summed E-state index contributed by atoms with van der Waals surface area (Å²) >= 11 is 0. The first kappa shape index (κ1) is 12.0. The summed E-state index contributed by atoms with van der Waals surface area (Å²) in [6, 6.07) is 10.5. The summed E-state index contributed by atoms with van der Waals surface area (Å²) < 4.78 is 0.949. The molecular weight excluding hydrogens is 232 g/mol. The zero-order chi connectivity index (χ0) is 13.1. The predicted molar refractivity (Wildman–Crippen MR) is 66.3 cm³/mol. The maximum atomic E-state index is 11.5. The van der Waals surface area contributed by atoms with E-state index in [1.54, 1.807) is 6.07 Å². The van der Waals surface area contributed by atoms with Crippen molar-refractivity contribution < 1.29 is 9.90 Å². The minimum absolute atomic E-state index is 0.422. The van der Waals surface area contributed by atoms with Gasteiger partial charge in [0.2, 0.25) is 0 Å². The minimum atomic E-state index is -1.09. The van der Waals surface area contributed by atoms with Gasteiger partial charge >= 0.3 is 5.97 Å². The lowest BCUT2D eigenvalue weighted by Gasteiger charge is -2.07. The van der Waals surface area contributed by atoms with E-state index in [0.29, 0.717) is 5.69 Å². The molecule has 1 aromatic carbocycles. The molecule has 1 heterocycles. The molecule has 5 heteroatoms. The Kier molecular flexibility index (Phi) is 3.23. The lowest BCUT2D eigenvalue weighted by atomic mass is 10.1. The number of nitrogens with zero attached hydrogens (tertiary/aromatic N) is 2. The summed E-state index contributed by atoms with van der Waals surface area (Å²) in [6.07, 6.45) is 0. The van der Waals surface area contributed by atoms with Gasteiger partial charge in [0.1, 0.15) is 6.54 Å². The van der Waals surface area contributed by atoms with E-state index in [4.69, 9.17) is 5.11 Å². The van der Waals surface area contributed by atoms with Gasteiger partial charge in [-0.2, -0.15) is 5.10 Å². The Labute approximate surface area is 103 Å². The van der Waals surface area contributed by atoms with Gasteiger partial charge in [-0.1, -0.05) is 24.3 Å². The molecule has 2 aromatic rings. The van der Waals surface area contributed by atoms with Gasteiger partial charge in [0.25, 0.3) is 5.56 Å². The van der Waals surface area contributed by atoms with Crippen LogP contribution in [0.4, 0.5) is 0 Å². The van der Waals surface area contributed by atoms with Crippen LogP contribution < -0.4 is 5.56 Å². The standard InChI is InChI=1S/C13H12N2O3/c1-9-4-2-3-5-10(9)11-6-7-12(16)15(14-11)8-13(17)18/h2-7H,8H2,1H3,(H,17,18). The molecule has 0 saturated heterocycles. The topological polar surface area (TPSA) is 72.2 Å². The average molecular weight is 244 g/mol. The maximum Gasteiger partial charge on any atom is 0.325 e. The van der Waals surface area contributed by atoms with E-state index >= 15 is 0 Å². The summed E-state index contributed by atoms with van der Waals surface area (Å²) in [4.78, 5) is 22.1. The average Bonchev–Trinajstić information content (AvgIpc) is 2.32. The lowest BCUT2D eigenvalue weighted by molar-refractivity contribution is -0.138. The molecule has 1 aromatic heterocycles. The molecule has 0 bridgehead atoms. The van der Waals surface area contributed by atoms with Crippen molar-refractivity contribution >= 4 is 5.97 Å². The molecule has 0 atom stereocenters. The molecule has 2 rings (SSSR count). The number of hydrogen-bond donors (Lipinski definition) is 1. The zero-order valence-corrected chi connectivity index (χ0v) is 9.83. The molecule has 92 valence electrons. The second kappa shape index (κ2) is 4.83. The fourth-order valence-corrected chi connectivity index (χ4v) is 1.69. The fraction of sp³-hybridized carbons (Fsp3) is 0.154. The molecule has 0 radical (unpaired) electrons. The lowest BCUT2D eigenvalue weighted by Crippen LogP contribution is -2.26. The Balaban J connectivity index is 2.51. The molecule has 0 aliphatic heterocycles. The van der Waals surface area contributed by atoms with Crippen molar-refractivity contribution in [1.29, 1.82) is 0 Å². The summed E-state index contributed by atoms with van der Waals surface area (Å²) in [6.45, 7) is 1.50. The van der Waals surface area contributed by atoms with Gasteiger partial charge in [-0.15, -0.1) is 0 Å². The molecule has 5 nitrogen and oxygen atoms in total. The van der Waals surface area contributed by atoms with Gasteiger partial charge in [-0.05, 0) is 18.6 Å². The van der Waals surface area contributed by atoms with Gasteiger partial charge in [0, 0.05) is 11.6 Å². The van der Waals surface area contributed by atoms with E-state index < -0.39 is 18.1 Å². The van der Waals surface area contributed by atoms with Crippen molar-refractivity contribution in [2.75, 3.05) is 0 Å². The van der Waals surface area contributed by atoms with Crippen LogP contribution in [0.25, 0.3) is 11.3 Å². The van der Waals surface area contributed by atoms with Crippen molar-refractivity contribution in [3.05, 3.63) is 52.3 Å². The molecule has 0 aliphatic rings. The van der Waals surface area contributed by atoms with E-state index in [-0.39, 0.29) is 0 Å². The SMILES string of the molecule is Cc1ccccc1-c1ccc(=O)n(CC(=O)O)n1. The number of aryl methyl sites for hydroxylation is 1.